The molecule has 108 valence electrons. The second-order valence-corrected chi connectivity index (χ2v) is 6.21. The molecular formula is C13H20N6S. The van der Waals surface area contributed by atoms with Gasteiger partial charge in [-0.3, -0.25) is 5.43 Å². The number of anilines is 2. The molecule has 7 heteroatoms. The van der Waals surface area contributed by atoms with E-state index < -0.39 is 0 Å². The number of thiophene rings is 1. The van der Waals surface area contributed by atoms with Crippen LogP contribution in [0.3, 0.4) is 0 Å². The maximum Gasteiger partial charge on any atom is 0.240 e. The van der Waals surface area contributed by atoms with Gasteiger partial charge in [0.15, 0.2) is 0 Å². The van der Waals surface area contributed by atoms with Gasteiger partial charge < -0.3 is 9.80 Å². The van der Waals surface area contributed by atoms with E-state index in [4.69, 9.17) is 5.84 Å². The van der Waals surface area contributed by atoms with Crippen LogP contribution in [-0.4, -0.2) is 48.1 Å². The summed E-state index contributed by atoms with van der Waals surface area (Å²) in [6, 6.07) is 2.67. The molecule has 3 heterocycles. The number of fused-ring (bicyclic) bond motifs is 1. The van der Waals surface area contributed by atoms with Crippen LogP contribution >= 0.6 is 11.3 Å². The maximum absolute atomic E-state index is 5.47. The number of rotatable bonds is 4. The van der Waals surface area contributed by atoms with Gasteiger partial charge in [0.1, 0.15) is 10.6 Å². The summed E-state index contributed by atoms with van der Waals surface area (Å²) in [7, 11) is 4.28. The lowest BCUT2D eigenvalue weighted by molar-refractivity contribution is 0.314. The second-order valence-electron chi connectivity index (χ2n) is 5.31. The first-order chi connectivity index (χ1) is 9.69. The third-order valence-electron chi connectivity index (χ3n) is 3.95. The average molecular weight is 292 g/mol. The van der Waals surface area contributed by atoms with E-state index in [9.17, 15) is 0 Å². The first-order valence-corrected chi connectivity index (χ1v) is 7.70. The largest absolute Gasteiger partial charge is 0.357 e. The highest BCUT2D eigenvalue weighted by molar-refractivity contribution is 7.16. The van der Waals surface area contributed by atoms with E-state index in [1.165, 1.54) is 19.4 Å². The summed E-state index contributed by atoms with van der Waals surface area (Å²) >= 11 is 1.61. The summed E-state index contributed by atoms with van der Waals surface area (Å²) in [6.45, 7) is 2.16. The fraction of sp³-hybridized carbons (Fsp3) is 0.538. The third kappa shape index (κ3) is 2.44. The summed E-state index contributed by atoms with van der Waals surface area (Å²) in [4.78, 5) is 14.5. The van der Waals surface area contributed by atoms with Crippen molar-refractivity contribution in [1.82, 2.24) is 14.9 Å². The van der Waals surface area contributed by atoms with Gasteiger partial charge in [0.25, 0.3) is 0 Å². The van der Waals surface area contributed by atoms with Crippen LogP contribution in [0.2, 0.25) is 0 Å². The number of aromatic nitrogens is 2. The lowest BCUT2D eigenvalue weighted by atomic mass is 10.2. The smallest absolute Gasteiger partial charge is 0.240 e. The Bertz CT molecular complexity index is 598. The third-order valence-corrected chi connectivity index (χ3v) is 4.76. The Morgan fingerprint density at radius 1 is 1.55 bits per heavy atom. The molecule has 20 heavy (non-hydrogen) atoms. The zero-order valence-corrected chi connectivity index (χ0v) is 12.7. The number of hydrogen-bond acceptors (Lipinski definition) is 7. The van der Waals surface area contributed by atoms with Crippen molar-refractivity contribution < 1.29 is 0 Å². The summed E-state index contributed by atoms with van der Waals surface area (Å²) < 4.78 is 0. The Morgan fingerprint density at radius 3 is 3.10 bits per heavy atom. The Hall–Kier alpha value is -1.44. The summed E-state index contributed by atoms with van der Waals surface area (Å²) in [5.74, 6) is 6.89. The molecule has 2 aromatic rings. The highest BCUT2D eigenvalue weighted by Crippen LogP contribution is 2.29. The van der Waals surface area contributed by atoms with E-state index in [2.05, 4.69) is 45.4 Å². The lowest BCUT2D eigenvalue weighted by Crippen LogP contribution is -2.37. The SMILES string of the molecule is CN(CC1CCCN1C)c1nc(NN)nc2sccc12. The monoisotopic (exact) mass is 292 g/mol. The van der Waals surface area contributed by atoms with E-state index in [-0.39, 0.29) is 0 Å². The van der Waals surface area contributed by atoms with Gasteiger partial charge >= 0.3 is 0 Å². The van der Waals surface area contributed by atoms with Gasteiger partial charge in [-0.1, -0.05) is 0 Å². The molecule has 3 rings (SSSR count). The fourth-order valence-electron chi connectivity index (χ4n) is 2.81. The molecule has 3 N–H and O–H groups in total. The maximum atomic E-state index is 5.47. The number of nitrogens with one attached hydrogen (secondary N) is 1. The highest BCUT2D eigenvalue weighted by Gasteiger charge is 2.23. The first kappa shape index (κ1) is 13.5. The van der Waals surface area contributed by atoms with Crippen LogP contribution in [0.4, 0.5) is 11.8 Å². The molecular weight excluding hydrogens is 272 g/mol. The molecule has 1 saturated heterocycles. The molecule has 1 unspecified atom stereocenters. The van der Waals surface area contributed by atoms with Crippen molar-refractivity contribution in [3.8, 4) is 0 Å². The zero-order valence-electron chi connectivity index (χ0n) is 11.8. The lowest BCUT2D eigenvalue weighted by Gasteiger charge is -2.27. The molecule has 1 aliphatic heterocycles. The predicted molar refractivity (Wildman–Crippen MR) is 84.1 cm³/mol. The molecule has 2 aromatic heterocycles. The fourth-order valence-corrected chi connectivity index (χ4v) is 3.57. The molecule has 0 amide bonds. The van der Waals surface area contributed by atoms with Crippen molar-refractivity contribution in [3.63, 3.8) is 0 Å². The number of nitrogen functional groups attached to an aromatic ring is 1. The van der Waals surface area contributed by atoms with E-state index >= 15 is 0 Å². The minimum atomic E-state index is 0.474. The van der Waals surface area contributed by atoms with Crippen molar-refractivity contribution in [1.29, 1.82) is 0 Å². The first-order valence-electron chi connectivity index (χ1n) is 6.82. The van der Waals surface area contributed by atoms with Gasteiger partial charge in [0.05, 0.1) is 5.39 Å². The quantitative estimate of drug-likeness (QED) is 0.657. The second kappa shape index (κ2) is 5.51. The topological polar surface area (TPSA) is 70.3 Å². The number of likely N-dealkylation sites (tertiary alicyclic amines) is 1. The van der Waals surface area contributed by atoms with E-state index in [1.807, 2.05) is 5.38 Å². The van der Waals surface area contributed by atoms with E-state index in [0.717, 1.165) is 22.6 Å². The molecule has 0 radical (unpaired) electrons. The average Bonchev–Trinajstić information content (AvgIpc) is 3.06. The van der Waals surface area contributed by atoms with Crippen LogP contribution in [0.15, 0.2) is 11.4 Å². The summed E-state index contributed by atoms with van der Waals surface area (Å²) in [6.07, 6.45) is 2.53. The van der Waals surface area contributed by atoms with Crippen LogP contribution in [0.1, 0.15) is 12.8 Å². The van der Waals surface area contributed by atoms with E-state index in [1.54, 1.807) is 11.3 Å². The van der Waals surface area contributed by atoms with Crippen molar-refractivity contribution in [2.24, 2.45) is 5.84 Å². The highest BCUT2D eigenvalue weighted by atomic mass is 32.1. The Morgan fingerprint density at radius 2 is 2.40 bits per heavy atom. The molecule has 1 atom stereocenters. The van der Waals surface area contributed by atoms with Crippen molar-refractivity contribution in [2.45, 2.75) is 18.9 Å². The van der Waals surface area contributed by atoms with Crippen LogP contribution in [0.5, 0.6) is 0 Å². The van der Waals surface area contributed by atoms with Crippen LogP contribution < -0.4 is 16.2 Å². The van der Waals surface area contributed by atoms with Crippen molar-refractivity contribution in [2.75, 3.05) is 37.5 Å². The standard InChI is InChI=1S/C13H20N6S/c1-18-6-3-4-9(18)8-19(2)11-10-5-7-20-12(10)16-13(15-11)17-14/h5,7,9H,3-4,6,8,14H2,1-2H3,(H,15,16,17). The summed E-state index contributed by atoms with van der Waals surface area (Å²) in [5, 5.41) is 3.13. The predicted octanol–water partition coefficient (Wildman–Crippen LogP) is 1.51. The molecule has 0 spiro atoms. The van der Waals surface area contributed by atoms with Gasteiger partial charge in [-0.25, -0.2) is 10.8 Å². The molecule has 0 bridgehead atoms. The van der Waals surface area contributed by atoms with Crippen LogP contribution in [0.25, 0.3) is 10.2 Å². The molecule has 1 aliphatic rings. The minimum absolute atomic E-state index is 0.474. The number of likely N-dealkylation sites (N-methyl/N-ethyl adjacent to an activating group) is 2. The van der Waals surface area contributed by atoms with Crippen LogP contribution in [0, 0.1) is 0 Å². The van der Waals surface area contributed by atoms with Gasteiger partial charge in [0.2, 0.25) is 5.95 Å². The Labute approximate surface area is 122 Å². The van der Waals surface area contributed by atoms with E-state index in [0.29, 0.717) is 12.0 Å². The minimum Gasteiger partial charge on any atom is -0.357 e. The van der Waals surface area contributed by atoms with Crippen LogP contribution in [-0.2, 0) is 0 Å². The zero-order chi connectivity index (χ0) is 14.1. The van der Waals surface area contributed by atoms with Crippen molar-refractivity contribution >= 4 is 33.3 Å². The molecule has 0 aromatic carbocycles. The number of nitrogens with zero attached hydrogens (tertiary/aromatic N) is 4. The van der Waals surface area contributed by atoms with Crippen molar-refractivity contribution in [3.05, 3.63) is 11.4 Å². The Balaban J connectivity index is 1.89. The molecule has 0 saturated carbocycles. The van der Waals surface area contributed by atoms with Gasteiger partial charge in [-0.05, 0) is 37.9 Å². The molecule has 0 aliphatic carbocycles. The molecule has 6 nitrogen and oxygen atoms in total. The number of nitrogens with two attached hydrogens (primary N) is 1. The normalized spacial score (nSPS) is 19.6. The molecule has 1 fully saturated rings. The number of hydrogen-bond donors (Lipinski definition) is 2. The summed E-state index contributed by atoms with van der Waals surface area (Å²) in [5.41, 5.74) is 2.55. The Kier molecular flexibility index (Phi) is 3.73. The van der Waals surface area contributed by atoms with Gasteiger partial charge in [-0.15, -0.1) is 11.3 Å². The van der Waals surface area contributed by atoms with Gasteiger partial charge in [-0.2, -0.15) is 4.98 Å². The number of hydrazine groups is 1. The van der Waals surface area contributed by atoms with Gasteiger partial charge in [0, 0.05) is 19.6 Å².